The summed E-state index contributed by atoms with van der Waals surface area (Å²) in [6.45, 7) is 4.37. The number of alkyl halides is 3. The molecule has 1 aliphatic heterocycles. The van der Waals surface area contributed by atoms with Crippen LogP contribution in [0.15, 0.2) is 24.3 Å². The predicted octanol–water partition coefficient (Wildman–Crippen LogP) is 2.17. The minimum Gasteiger partial charge on any atom is -0.355 e. The number of carbonyl (C=O) groups is 2. The Balaban J connectivity index is 1.87. The van der Waals surface area contributed by atoms with E-state index in [1.807, 2.05) is 0 Å². The molecule has 8 heteroatoms. The normalized spacial score (nSPS) is 17.6. The van der Waals surface area contributed by atoms with Crippen molar-refractivity contribution in [3.63, 3.8) is 0 Å². The molecule has 0 radical (unpaired) electrons. The summed E-state index contributed by atoms with van der Waals surface area (Å²) in [6.07, 6.45) is -3.32. The Kier molecular flexibility index (Phi) is 7.02. The quantitative estimate of drug-likeness (QED) is 0.689. The Labute approximate surface area is 150 Å². The van der Waals surface area contributed by atoms with Gasteiger partial charge in [-0.2, -0.15) is 13.2 Å². The molecule has 1 unspecified atom stereocenters. The van der Waals surface area contributed by atoms with Crippen molar-refractivity contribution in [2.75, 3.05) is 26.2 Å². The molecule has 5 nitrogen and oxygen atoms in total. The zero-order chi connectivity index (χ0) is 19.2. The summed E-state index contributed by atoms with van der Waals surface area (Å²) in [6, 6.07) is 4.92. The molecule has 1 saturated heterocycles. The summed E-state index contributed by atoms with van der Waals surface area (Å²) >= 11 is 0. The molecular weight excluding hydrogens is 347 g/mol. The molecule has 1 aliphatic rings. The van der Waals surface area contributed by atoms with Gasteiger partial charge in [0.15, 0.2) is 0 Å². The number of amides is 2. The van der Waals surface area contributed by atoms with Gasteiger partial charge in [-0.3, -0.25) is 9.59 Å². The zero-order valence-corrected chi connectivity index (χ0v) is 14.7. The second-order valence-corrected chi connectivity index (χ2v) is 6.41. The topological polar surface area (TPSA) is 61.4 Å². The van der Waals surface area contributed by atoms with Gasteiger partial charge in [-0.15, -0.1) is 0 Å². The number of benzene rings is 1. The van der Waals surface area contributed by atoms with Crippen molar-refractivity contribution in [2.45, 2.75) is 32.5 Å². The van der Waals surface area contributed by atoms with E-state index in [2.05, 4.69) is 17.6 Å². The molecule has 1 aromatic carbocycles. The van der Waals surface area contributed by atoms with Crippen LogP contribution in [-0.4, -0.2) is 42.9 Å². The van der Waals surface area contributed by atoms with Gasteiger partial charge in [0.05, 0.1) is 11.5 Å². The number of rotatable bonds is 8. The van der Waals surface area contributed by atoms with E-state index in [4.69, 9.17) is 0 Å². The monoisotopic (exact) mass is 371 g/mol. The summed E-state index contributed by atoms with van der Waals surface area (Å²) in [7, 11) is 0. The van der Waals surface area contributed by atoms with Crippen molar-refractivity contribution < 1.29 is 22.8 Å². The van der Waals surface area contributed by atoms with Gasteiger partial charge >= 0.3 is 6.18 Å². The molecule has 26 heavy (non-hydrogen) atoms. The maximum Gasteiger partial charge on any atom is 0.416 e. The third kappa shape index (κ3) is 5.72. The van der Waals surface area contributed by atoms with Crippen LogP contribution in [0, 0.1) is 5.92 Å². The van der Waals surface area contributed by atoms with Crippen molar-refractivity contribution in [3.8, 4) is 0 Å². The second-order valence-electron chi connectivity index (χ2n) is 6.41. The van der Waals surface area contributed by atoms with Crippen LogP contribution in [0.2, 0.25) is 0 Å². The predicted molar refractivity (Wildman–Crippen MR) is 91.1 cm³/mol. The largest absolute Gasteiger partial charge is 0.416 e. The van der Waals surface area contributed by atoms with E-state index in [1.165, 1.54) is 11.0 Å². The SMILES string of the molecule is CCCNCCNC(=O)C1CC(=O)N(Cc2cccc(C(F)(F)F)c2)C1. The van der Waals surface area contributed by atoms with E-state index in [-0.39, 0.29) is 31.3 Å². The minimum absolute atomic E-state index is 0.0740. The van der Waals surface area contributed by atoms with Crippen molar-refractivity contribution in [2.24, 2.45) is 5.92 Å². The fraction of sp³-hybridized carbons (Fsp3) is 0.556. The number of hydrogen-bond donors (Lipinski definition) is 2. The van der Waals surface area contributed by atoms with E-state index < -0.39 is 17.7 Å². The lowest BCUT2D eigenvalue weighted by Crippen LogP contribution is -2.37. The molecule has 0 aliphatic carbocycles. The van der Waals surface area contributed by atoms with E-state index in [1.54, 1.807) is 6.07 Å². The molecule has 0 spiro atoms. The zero-order valence-electron chi connectivity index (χ0n) is 14.7. The average Bonchev–Trinajstić information content (AvgIpc) is 2.95. The van der Waals surface area contributed by atoms with Crippen molar-refractivity contribution >= 4 is 11.8 Å². The van der Waals surface area contributed by atoms with Gasteiger partial charge in [-0.05, 0) is 30.7 Å². The van der Waals surface area contributed by atoms with E-state index >= 15 is 0 Å². The van der Waals surface area contributed by atoms with Gasteiger partial charge in [0.1, 0.15) is 0 Å². The molecule has 2 N–H and O–H groups in total. The van der Waals surface area contributed by atoms with E-state index in [9.17, 15) is 22.8 Å². The van der Waals surface area contributed by atoms with Crippen LogP contribution in [0.5, 0.6) is 0 Å². The first-order valence-electron chi connectivity index (χ1n) is 8.73. The van der Waals surface area contributed by atoms with Crippen molar-refractivity contribution in [1.29, 1.82) is 0 Å². The number of nitrogens with zero attached hydrogens (tertiary/aromatic N) is 1. The molecule has 1 heterocycles. The van der Waals surface area contributed by atoms with Crippen LogP contribution >= 0.6 is 0 Å². The van der Waals surface area contributed by atoms with Crippen molar-refractivity contribution in [1.82, 2.24) is 15.5 Å². The Morgan fingerprint density at radius 1 is 1.27 bits per heavy atom. The van der Waals surface area contributed by atoms with Gasteiger partial charge in [-0.25, -0.2) is 0 Å². The van der Waals surface area contributed by atoms with Gasteiger partial charge in [0, 0.05) is 32.6 Å². The molecule has 2 rings (SSSR count). The second kappa shape index (κ2) is 9.02. The van der Waals surface area contributed by atoms with Gasteiger partial charge in [0.2, 0.25) is 11.8 Å². The highest BCUT2D eigenvalue weighted by Crippen LogP contribution is 2.30. The highest BCUT2D eigenvalue weighted by Gasteiger charge is 2.35. The minimum atomic E-state index is -4.42. The highest BCUT2D eigenvalue weighted by molar-refractivity contribution is 5.89. The summed E-state index contributed by atoms with van der Waals surface area (Å²) in [5.74, 6) is -0.866. The smallest absolute Gasteiger partial charge is 0.355 e. The Bertz CT molecular complexity index is 634. The van der Waals surface area contributed by atoms with Crippen LogP contribution in [0.3, 0.4) is 0 Å². The molecule has 0 bridgehead atoms. The van der Waals surface area contributed by atoms with Gasteiger partial charge < -0.3 is 15.5 Å². The van der Waals surface area contributed by atoms with Crippen LogP contribution in [-0.2, 0) is 22.3 Å². The number of hydrogen-bond acceptors (Lipinski definition) is 3. The highest BCUT2D eigenvalue weighted by atomic mass is 19.4. The van der Waals surface area contributed by atoms with Gasteiger partial charge in [-0.1, -0.05) is 19.1 Å². The summed E-state index contributed by atoms with van der Waals surface area (Å²) in [5.41, 5.74) is -0.339. The Hall–Kier alpha value is -2.09. The Morgan fingerprint density at radius 3 is 2.73 bits per heavy atom. The maximum absolute atomic E-state index is 12.8. The first-order valence-corrected chi connectivity index (χ1v) is 8.73. The number of carbonyl (C=O) groups excluding carboxylic acids is 2. The van der Waals surface area contributed by atoms with E-state index in [0.717, 1.165) is 25.1 Å². The third-order valence-electron chi connectivity index (χ3n) is 4.24. The van der Waals surface area contributed by atoms with Crippen LogP contribution in [0.1, 0.15) is 30.9 Å². The molecule has 0 saturated carbocycles. The summed E-state index contributed by atoms with van der Waals surface area (Å²) in [5, 5.41) is 5.95. The molecule has 2 amide bonds. The lowest BCUT2D eigenvalue weighted by molar-refractivity contribution is -0.137. The van der Waals surface area contributed by atoms with E-state index in [0.29, 0.717) is 18.7 Å². The lowest BCUT2D eigenvalue weighted by atomic mass is 10.1. The summed E-state index contributed by atoms with van der Waals surface area (Å²) in [4.78, 5) is 25.7. The van der Waals surface area contributed by atoms with Crippen LogP contribution in [0.25, 0.3) is 0 Å². The standard InChI is InChI=1S/C18H24F3N3O2/c1-2-6-22-7-8-23-17(26)14-10-16(25)24(12-14)11-13-4-3-5-15(9-13)18(19,20)21/h3-5,9,14,22H,2,6-8,10-12H2,1H3,(H,23,26). The van der Waals surface area contributed by atoms with Gasteiger partial charge in [0.25, 0.3) is 0 Å². The molecule has 1 atom stereocenters. The number of halogens is 3. The fourth-order valence-corrected chi connectivity index (χ4v) is 2.89. The summed E-state index contributed by atoms with van der Waals surface area (Å²) < 4.78 is 38.4. The lowest BCUT2D eigenvalue weighted by Gasteiger charge is -2.17. The molecule has 0 aromatic heterocycles. The third-order valence-corrected chi connectivity index (χ3v) is 4.24. The first-order chi connectivity index (χ1) is 12.3. The first kappa shape index (κ1) is 20.2. The van der Waals surface area contributed by atoms with Crippen LogP contribution < -0.4 is 10.6 Å². The van der Waals surface area contributed by atoms with Crippen LogP contribution in [0.4, 0.5) is 13.2 Å². The molecule has 1 aromatic rings. The molecule has 1 fully saturated rings. The molecular formula is C18H24F3N3O2. The Morgan fingerprint density at radius 2 is 2.04 bits per heavy atom. The maximum atomic E-state index is 12.8. The fourth-order valence-electron chi connectivity index (χ4n) is 2.89. The van der Waals surface area contributed by atoms with Crippen molar-refractivity contribution in [3.05, 3.63) is 35.4 Å². The number of nitrogens with one attached hydrogen (secondary N) is 2. The average molecular weight is 371 g/mol. The number of likely N-dealkylation sites (tertiary alicyclic amines) is 1. The molecule has 144 valence electrons.